The van der Waals surface area contributed by atoms with E-state index in [4.69, 9.17) is 9.15 Å². The number of ether oxygens (including phenoxy) is 1. The minimum atomic E-state index is -0.663. The van der Waals surface area contributed by atoms with Crippen molar-refractivity contribution >= 4 is 22.1 Å². The first-order chi connectivity index (χ1) is 11.9. The molecule has 3 rings (SSSR count). The van der Waals surface area contributed by atoms with E-state index in [2.05, 4.69) is 0 Å². The Morgan fingerprint density at radius 2 is 1.64 bits per heavy atom. The van der Waals surface area contributed by atoms with Crippen molar-refractivity contribution in [2.24, 2.45) is 0 Å². The molecular formula is C17H13N2O6+. The van der Waals surface area contributed by atoms with Crippen molar-refractivity contribution in [3.8, 4) is 17.1 Å². The van der Waals surface area contributed by atoms with Crippen LogP contribution >= 0.6 is 0 Å². The van der Waals surface area contributed by atoms with Crippen molar-refractivity contribution in [2.75, 3.05) is 7.11 Å². The van der Waals surface area contributed by atoms with Gasteiger partial charge in [-0.05, 0) is 24.3 Å². The van der Waals surface area contributed by atoms with Crippen LogP contribution in [0.4, 0.5) is 11.4 Å². The number of nitro benzene ring substituents is 2. The predicted molar refractivity (Wildman–Crippen MR) is 90.7 cm³/mol. The number of rotatable bonds is 4. The van der Waals surface area contributed by atoms with Crippen LogP contribution in [-0.2, 0) is 0 Å². The SMILES string of the molecule is COc1ccc(-c2[o+]c(C)cc3c([N+](=O)[O-])cc([N+](=O)[O-])cc23)cc1. The highest BCUT2D eigenvalue weighted by Crippen LogP contribution is 2.38. The number of non-ortho nitro benzene ring substituents is 2. The van der Waals surface area contributed by atoms with Gasteiger partial charge >= 0.3 is 11.5 Å². The average molecular weight is 341 g/mol. The minimum absolute atomic E-state index is 0.283. The van der Waals surface area contributed by atoms with Crippen molar-refractivity contribution in [3.63, 3.8) is 0 Å². The third kappa shape index (κ3) is 2.97. The van der Waals surface area contributed by atoms with Gasteiger partial charge in [0.15, 0.2) is 0 Å². The van der Waals surface area contributed by atoms with Crippen LogP contribution < -0.4 is 4.74 Å². The quantitative estimate of drug-likeness (QED) is 0.392. The molecule has 0 N–H and O–H groups in total. The topological polar surface area (TPSA) is 107 Å². The number of aryl methyl sites for hydroxylation is 1. The third-order valence-corrected chi connectivity index (χ3v) is 3.76. The van der Waals surface area contributed by atoms with E-state index >= 15 is 0 Å². The highest BCUT2D eigenvalue weighted by atomic mass is 16.6. The monoisotopic (exact) mass is 341 g/mol. The smallest absolute Gasteiger partial charge is 0.368 e. The van der Waals surface area contributed by atoms with E-state index in [-0.39, 0.29) is 16.8 Å². The first-order valence-electron chi connectivity index (χ1n) is 7.25. The lowest BCUT2D eigenvalue weighted by atomic mass is 10.0. The summed E-state index contributed by atoms with van der Waals surface area (Å²) in [6.45, 7) is 1.66. The first-order valence-corrected chi connectivity index (χ1v) is 7.25. The molecule has 0 unspecified atom stereocenters. The Morgan fingerprint density at radius 1 is 0.960 bits per heavy atom. The van der Waals surface area contributed by atoms with Gasteiger partial charge in [-0.1, -0.05) is 0 Å². The minimum Gasteiger partial charge on any atom is -0.497 e. The normalized spacial score (nSPS) is 10.6. The fourth-order valence-electron chi connectivity index (χ4n) is 2.62. The lowest BCUT2D eigenvalue weighted by Crippen LogP contribution is -1.96. The van der Waals surface area contributed by atoms with Crippen LogP contribution in [0.3, 0.4) is 0 Å². The summed E-state index contributed by atoms with van der Waals surface area (Å²) in [7, 11) is 1.54. The summed E-state index contributed by atoms with van der Waals surface area (Å²) in [5, 5.41) is 23.1. The highest BCUT2D eigenvalue weighted by molar-refractivity contribution is 6.00. The van der Waals surface area contributed by atoms with E-state index < -0.39 is 9.85 Å². The molecule has 126 valence electrons. The van der Waals surface area contributed by atoms with Crippen LogP contribution in [0.2, 0.25) is 0 Å². The summed E-state index contributed by atoms with van der Waals surface area (Å²) < 4.78 is 10.8. The lowest BCUT2D eigenvalue weighted by molar-refractivity contribution is -0.393. The predicted octanol–water partition coefficient (Wildman–Crippen LogP) is 4.51. The van der Waals surface area contributed by atoms with E-state index in [1.54, 1.807) is 31.2 Å². The Balaban J connectivity index is 2.37. The zero-order chi connectivity index (χ0) is 18.1. The molecule has 0 aliphatic rings. The van der Waals surface area contributed by atoms with Gasteiger partial charge in [0.25, 0.3) is 11.4 Å². The van der Waals surface area contributed by atoms with Crippen LogP contribution in [0.25, 0.3) is 22.1 Å². The van der Waals surface area contributed by atoms with Crippen molar-refractivity contribution in [1.82, 2.24) is 0 Å². The molecule has 1 heterocycles. The zero-order valence-electron chi connectivity index (χ0n) is 13.4. The largest absolute Gasteiger partial charge is 0.497 e. The Kier molecular flexibility index (Phi) is 4.02. The fourth-order valence-corrected chi connectivity index (χ4v) is 2.62. The molecule has 0 spiro atoms. The molecule has 2 aromatic carbocycles. The first kappa shape index (κ1) is 16.3. The van der Waals surface area contributed by atoms with Gasteiger partial charge in [-0.15, -0.1) is 0 Å². The van der Waals surface area contributed by atoms with Crippen LogP contribution in [0.15, 0.2) is 46.9 Å². The van der Waals surface area contributed by atoms with E-state index in [0.29, 0.717) is 28.2 Å². The molecule has 0 aliphatic heterocycles. The van der Waals surface area contributed by atoms with E-state index in [9.17, 15) is 20.2 Å². The molecule has 0 aliphatic carbocycles. The van der Waals surface area contributed by atoms with E-state index in [1.165, 1.54) is 19.2 Å². The van der Waals surface area contributed by atoms with Crippen LogP contribution in [0.5, 0.6) is 5.75 Å². The van der Waals surface area contributed by atoms with Gasteiger partial charge in [-0.25, -0.2) is 4.42 Å². The Hall–Kier alpha value is -3.55. The number of hydrogen-bond donors (Lipinski definition) is 0. The Morgan fingerprint density at radius 3 is 2.20 bits per heavy atom. The van der Waals surface area contributed by atoms with Gasteiger partial charge in [-0.3, -0.25) is 20.2 Å². The molecule has 1 aromatic heterocycles. The maximum atomic E-state index is 11.4. The van der Waals surface area contributed by atoms with Gasteiger partial charge in [0, 0.05) is 6.07 Å². The van der Waals surface area contributed by atoms with Crippen molar-refractivity contribution in [3.05, 3.63) is 68.5 Å². The third-order valence-electron chi connectivity index (χ3n) is 3.76. The van der Waals surface area contributed by atoms with Gasteiger partial charge in [0.1, 0.15) is 11.1 Å². The Labute approximate surface area is 141 Å². The molecule has 0 fully saturated rings. The standard InChI is InChI=1S/C17H13N2O6/c1-10-7-14-15(8-12(18(20)21)9-16(14)19(22)23)17(25-10)11-3-5-13(24-2)6-4-11/h3-9H,1-2H3/q+1. The number of nitro groups is 2. The molecule has 0 radical (unpaired) electrons. The average Bonchev–Trinajstić information content (AvgIpc) is 2.60. The van der Waals surface area contributed by atoms with E-state index in [1.807, 2.05) is 0 Å². The second-order valence-electron chi connectivity index (χ2n) is 5.36. The summed E-state index contributed by atoms with van der Waals surface area (Å²) in [5.41, 5.74) is -0.0739. The molecule has 3 aromatic rings. The van der Waals surface area contributed by atoms with Crippen molar-refractivity contribution in [1.29, 1.82) is 0 Å². The molecule has 8 nitrogen and oxygen atoms in total. The Bertz CT molecular complexity index is 998. The van der Waals surface area contributed by atoms with Gasteiger partial charge in [0.05, 0.1) is 47.0 Å². The van der Waals surface area contributed by atoms with Crippen LogP contribution in [0.1, 0.15) is 5.76 Å². The van der Waals surface area contributed by atoms with Crippen LogP contribution in [0, 0.1) is 27.2 Å². The molecule has 8 heteroatoms. The number of methoxy groups -OCH3 is 1. The molecule has 0 amide bonds. The number of hydrogen-bond acceptors (Lipinski definition) is 5. The van der Waals surface area contributed by atoms with Gasteiger partial charge in [0.2, 0.25) is 0 Å². The van der Waals surface area contributed by atoms with E-state index in [0.717, 1.165) is 6.07 Å². The van der Waals surface area contributed by atoms with Crippen molar-refractivity contribution in [2.45, 2.75) is 6.92 Å². The molecular weight excluding hydrogens is 328 g/mol. The molecule has 0 saturated carbocycles. The molecule has 25 heavy (non-hydrogen) atoms. The maximum absolute atomic E-state index is 11.4. The summed E-state index contributed by atoms with van der Waals surface area (Å²) in [5.74, 6) is 1.41. The molecule has 0 saturated heterocycles. The second kappa shape index (κ2) is 6.16. The number of fused-ring (bicyclic) bond motifs is 1. The highest BCUT2D eigenvalue weighted by Gasteiger charge is 2.28. The van der Waals surface area contributed by atoms with Gasteiger partial charge < -0.3 is 4.74 Å². The summed E-state index contributed by atoms with van der Waals surface area (Å²) >= 11 is 0. The fraction of sp³-hybridized carbons (Fsp3) is 0.118. The van der Waals surface area contributed by atoms with Crippen molar-refractivity contribution < 1.29 is 19.0 Å². The lowest BCUT2D eigenvalue weighted by Gasteiger charge is -2.02. The summed E-state index contributed by atoms with van der Waals surface area (Å²) in [6.07, 6.45) is 0. The number of benzene rings is 2. The number of nitrogens with zero attached hydrogens (tertiary/aromatic N) is 2. The maximum Gasteiger partial charge on any atom is 0.368 e. The second-order valence-corrected chi connectivity index (χ2v) is 5.36. The van der Waals surface area contributed by atoms with Gasteiger partial charge in [-0.2, -0.15) is 0 Å². The molecule has 0 atom stereocenters. The summed E-state index contributed by atoms with van der Waals surface area (Å²) in [4.78, 5) is 21.2. The van der Waals surface area contributed by atoms with Crippen LogP contribution in [-0.4, -0.2) is 17.0 Å². The zero-order valence-corrected chi connectivity index (χ0v) is 13.4. The summed E-state index contributed by atoms with van der Waals surface area (Å²) in [6, 6.07) is 10.6. The molecule has 0 bridgehead atoms.